The van der Waals surface area contributed by atoms with Gasteiger partial charge in [0.05, 0.1) is 41.3 Å². The Morgan fingerprint density at radius 1 is 1.12 bits per heavy atom. The van der Waals surface area contributed by atoms with Crippen molar-refractivity contribution in [2.24, 2.45) is 7.05 Å². The van der Waals surface area contributed by atoms with E-state index in [1.165, 1.54) is 0 Å². The first-order valence-electron chi connectivity index (χ1n) is 11.0. The van der Waals surface area contributed by atoms with Gasteiger partial charge in [0.25, 0.3) is 5.56 Å². The highest BCUT2D eigenvalue weighted by Gasteiger charge is 2.28. The van der Waals surface area contributed by atoms with E-state index in [-0.39, 0.29) is 11.6 Å². The van der Waals surface area contributed by atoms with Crippen molar-refractivity contribution in [2.75, 3.05) is 0 Å². The van der Waals surface area contributed by atoms with E-state index in [0.717, 1.165) is 58.3 Å². The number of pyridine rings is 1. The summed E-state index contributed by atoms with van der Waals surface area (Å²) in [7, 11) is 1.89. The number of hydrogen-bond donors (Lipinski definition) is 1. The summed E-state index contributed by atoms with van der Waals surface area (Å²) in [4.78, 5) is 22.5. The summed E-state index contributed by atoms with van der Waals surface area (Å²) in [5, 5.41) is 15.1. The van der Waals surface area contributed by atoms with Gasteiger partial charge in [-0.2, -0.15) is 5.10 Å². The lowest BCUT2D eigenvalue weighted by Crippen LogP contribution is -2.29. The molecule has 0 radical (unpaired) electrons. The molecular weight excluding hydrogens is 402 g/mol. The van der Waals surface area contributed by atoms with Crippen LogP contribution in [-0.4, -0.2) is 35.5 Å². The number of rotatable bonds is 4. The van der Waals surface area contributed by atoms with Gasteiger partial charge in [0.1, 0.15) is 0 Å². The fourth-order valence-electron chi connectivity index (χ4n) is 4.75. The number of aromatic nitrogens is 5. The Morgan fingerprint density at radius 3 is 2.62 bits per heavy atom. The van der Waals surface area contributed by atoms with Gasteiger partial charge in [-0.3, -0.25) is 19.0 Å². The average Bonchev–Trinajstić information content (AvgIpc) is 3.41. The molecule has 0 amide bonds. The second kappa shape index (κ2) is 7.98. The van der Waals surface area contributed by atoms with E-state index < -0.39 is 6.10 Å². The average molecular weight is 430 g/mol. The number of nitrogens with zero attached hydrogens (tertiary/aromatic N) is 5. The summed E-state index contributed by atoms with van der Waals surface area (Å²) >= 11 is 0. The highest BCUT2D eigenvalue weighted by molar-refractivity contribution is 5.83. The summed E-state index contributed by atoms with van der Waals surface area (Å²) < 4.78 is 3.39. The smallest absolute Gasteiger partial charge is 0.261 e. The van der Waals surface area contributed by atoms with Crippen LogP contribution in [0, 0.1) is 13.8 Å². The molecule has 0 saturated heterocycles. The first kappa shape index (κ1) is 20.6. The normalized spacial score (nSPS) is 18.5. The molecule has 2 atom stereocenters. The monoisotopic (exact) mass is 429 g/mol. The van der Waals surface area contributed by atoms with E-state index in [1.54, 1.807) is 21.8 Å². The molecule has 164 valence electrons. The molecule has 1 aliphatic carbocycles. The lowest BCUT2D eigenvalue weighted by molar-refractivity contribution is 0.134. The van der Waals surface area contributed by atoms with Crippen molar-refractivity contribution in [3.8, 4) is 11.3 Å². The van der Waals surface area contributed by atoms with Crippen LogP contribution in [0.15, 0.2) is 47.9 Å². The van der Waals surface area contributed by atoms with E-state index >= 15 is 0 Å². The molecule has 3 heterocycles. The van der Waals surface area contributed by atoms with Gasteiger partial charge in [0.2, 0.25) is 0 Å². The van der Waals surface area contributed by atoms with Gasteiger partial charge in [-0.1, -0.05) is 6.07 Å². The topological polar surface area (TPSA) is 85.8 Å². The van der Waals surface area contributed by atoms with Crippen LogP contribution in [0.2, 0.25) is 0 Å². The van der Waals surface area contributed by atoms with Gasteiger partial charge in [-0.25, -0.2) is 4.98 Å². The van der Waals surface area contributed by atoms with Crippen molar-refractivity contribution in [1.82, 2.24) is 24.3 Å². The molecule has 0 unspecified atom stereocenters. The molecule has 32 heavy (non-hydrogen) atoms. The zero-order valence-electron chi connectivity index (χ0n) is 18.6. The minimum Gasteiger partial charge on any atom is -0.391 e. The molecule has 1 saturated carbocycles. The maximum Gasteiger partial charge on any atom is 0.261 e. The van der Waals surface area contributed by atoms with E-state index in [4.69, 9.17) is 0 Å². The molecule has 1 fully saturated rings. The minimum atomic E-state index is -0.484. The maximum atomic E-state index is 13.3. The summed E-state index contributed by atoms with van der Waals surface area (Å²) in [6.45, 7) is 4.10. The fourth-order valence-corrected chi connectivity index (χ4v) is 4.75. The Kier molecular flexibility index (Phi) is 5.13. The van der Waals surface area contributed by atoms with Crippen LogP contribution >= 0.6 is 0 Å². The molecular formula is C25H27N5O2. The number of hydrogen-bond acceptors (Lipinski definition) is 5. The first-order valence-corrected chi connectivity index (χ1v) is 11.0. The van der Waals surface area contributed by atoms with Crippen LogP contribution in [0.4, 0.5) is 0 Å². The van der Waals surface area contributed by atoms with Gasteiger partial charge < -0.3 is 5.11 Å². The lowest BCUT2D eigenvalue weighted by Gasteiger charge is -2.19. The molecule has 5 rings (SSSR count). The van der Waals surface area contributed by atoms with Crippen molar-refractivity contribution in [2.45, 2.75) is 51.7 Å². The van der Waals surface area contributed by atoms with Crippen molar-refractivity contribution < 1.29 is 5.11 Å². The van der Waals surface area contributed by atoms with Crippen LogP contribution in [0.5, 0.6) is 0 Å². The molecule has 7 nitrogen and oxygen atoms in total. The standard InChI is InChI=1S/C25H27N5O2/c1-15-16(2)24-20(25(32)30(14-27-24)22-5-4-6-23(22)31)10-18(15)9-17-7-8-21(26-11-17)19-12-28-29(3)13-19/h7-8,10-14,22-23,31H,4-6,9H2,1-3H3/t22-,23-/m0/s1. The van der Waals surface area contributed by atoms with E-state index in [1.807, 2.05) is 38.5 Å². The van der Waals surface area contributed by atoms with Crippen LogP contribution < -0.4 is 5.56 Å². The Balaban J connectivity index is 1.51. The van der Waals surface area contributed by atoms with Crippen LogP contribution in [0.3, 0.4) is 0 Å². The molecule has 0 spiro atoms. The van der Waals surface area contributed by atoms with Crippen molar-refractivity contribution >= 4 is 10.9 Å². The fraction of sp³-hybridized carbons (Fsp3) is 0.360. The zero-order chi connectivity index (χ0) is 22.4. The van der Waals surface area contributed by atoms with Gasteiger partial charge in [0.15, 0.2) is 0 Å². The van der Waals surface area contributed by atoms with Crippen molar-refractivity contribution in [3.63, 3.8) is 0 Å². The van der Waals surface area contributed by atoms with Crippen LogP contribution in [0.1, 0.15) is 47.6 Å². The Labute approximate surface area is 186 Å². The van der Waals surface area contributed by atoms with Crippen molar-refractivity contribution in [1.29, 1.82) is 0 Å². The number of aliphatic hydroxyl groups excluding tert-OH is 1. The van der Waals surface area contributed by atoms with Gasteiger partial charge in [0, 0.05) is 25.0 Å². The third kappa shape index (κ3) is 3.52. The van der Waals surface area contributed by atoms with Crippen molar-refractivity contribution in [3.05, 3.63) is 75.7 Å². The second-order valence-corrected chi connectivity index (χ2v) is 8.84. The van der Waals surface area contributed by atoms with E-state index in [9.17, 15) is 9.90 Å². The predicted octanol–water partition coefficient (Wildman–Crippen LogP) is 3.49. The molecule has 0 bridgehead atoms. The third-order valence-corrected chi connectivity index (χ3v) is 6.77. The summed E-state index contributed by atoms with van der Waals surface area (Å²) in [6, 6.07) is 5.87. The minimum absolute atomic E-state index is 0.0737. The summed E-state index contributed by atoms with van der Waals surface area (Å²) in [6.07, 6.45) is 9.91. The lowest BCUT2D eigenvalue weighted by atomic mass is 9.95. The molecule has 7 heteroatoms. The highest BCUT2D eigenvalue weighted by Crippen LogP contribution is 2.30. The molecule has 1 aromatic carbocycles. The second-order valence-electron chi connectivity index (χ2n) is 8.84. The molecule has 0 aliphatic heterocycles. The number of fused-ring (bicyclic) bond motifs is 1. The highest BCUT2D eigenvalue weighted by atomic mass is 16.3. The summed E-state index contributed by atoms with van der Waals surface area (Å²) in [5.74, 6) is 0. The third-order valence-electron chi connectivity index (χ3n) is 6.77. The quantitative estimate of drug-likeness (QED) is 0.537. The van der Waals surface area contributed by atoms with Crippen LogP contribution in [0.25, 0.3) is 22.2 Å². The largest absolute Gasteiger partial charge is 0.391 e. The van der Waals surface area contributed by atoms with Gasteiger partial charge in [-0.05, 0) is 73.9 Å². The number of aliphatic hydroxyl groups is 1. The number of benzene rings is 1. The van der Waals surface area contributed by atoms with Gasteiger partial charge in [-0.15, -0.1) is 0 Å². The molecule has 4 aromatic rings. The Bertz CT molecular complexity index is 1350. The van der Waals surface area contributed by atoms with Gasteiger partial charge >= 0.3 is 0 Å². The Morgan fingerprint density at radius 2 is 1.97 bits per heavy atom. The Hall–Kier alpha value is -3.32. The zero-order valence-corrected chi connectivity index (χ0v) is 18.6. The molecule has 1 aliphatic rings. The molecule has 3 aromatic heterocycles. The van der Waals surface area contributed by atoms with Crippen LogP contribution in [-0.2, 0) is 13.5 Å². The first-order chi connectivity index (χ1) is 15.4. The summed E-state index contributed by atoms with van der Waals surface area (Å²) in [5.41, 5.74) is 6.87. The molecule has 1 N–H and O–H groups in total. The maximum absolute atomic E-state index is 13.3. The predicted molar refractivity (Wildman–Crippen MR) is 124 cm³/mol. The van der Waals surface area contributed by atoms with E-state index in [0.29, 0.717) is 11.8 Å². The van der Waals surface area contributed by atoms with E-state index in [2.05, 4.69) is 28.1 Å². The number of aryl methyl sites for hydroxylation is 2. The SMILES string of the molecule is Cc1c(Cc2ccc(-c3cnn(C)c3)nc2)cc2c(=O)n([C@H]3CCC[C@@H]3O)cnc2c1C.